The van der Waals surface area contributed by atoms with E-state index in [1.165, 1.54) is 12.0 Å². The van der Waals surface area contributed by atoms with Crippen LogP contribution < -0.4 is 4.74 Å². The van der Waals surface area contributed by atoms with Crippen molar-refractivity contribution in [1.29, 1.82) is 0 Å². The lowest BCUT2D eigenvalue weighted by Gasteiger charge is -2.34. The van der Waals surface area contributed by atoms with Crippen molar-refractivity contribution in [2.45, 2.75) is 58.0 Å². The predicted octanol–water partition coefficient (Wildman–Crippen LogP) is 5.45. The highest BCUT2D eigenvalue weighted by Crippen LogP contribution is 2.65. The number of amides is 1. The first-order valence-corrected chi connectivity index (χ1v) is 13.3. The van der Waals surface area contributed by atoms with Crippen molar-refractivity contribution in [3.8, 4) is 16.9 Å². The largest absolute Gasteiger partial charge is 0.496 e. The molecule has 2 saturated heterocycles. The van der Waals surface area contributed by atoms with E-state index in [-0.39, 0.29) is 18.0 Å². The van der Waals surface area contributed by atoms with Crippen molar-refractivity contribution in [3.05, 3.63) is 53.6 Å². The number of likely N-dealkylation sites (tertiary alicyclic amines) is 1. The number of esters is 1. The zero-order valence-electron chi connectivity index (χ0n) is 21.6. The van der Waals surface area contributed by atoms with Crippen molar-refractivity contribution in [2.24, 2.45) is 11.3 Å². The Bertz CT molecular complexity index is 1090. The molecule has 1 amide bonds. The normalized spacial score (nSPS) is 22.6. The minimum Gasteiger partial charge on any atom is -0.496 e. The smallest absolute Gasteiger partial charge is 0.338 e. The summed E-state index contributed by atoms with van der Waals surface area (Å²) in [5, 5.41) is 0. The van der Waals surface area contributed by atoms with E-state index in [1.807, 2.05) is 30.9 Å². The quantitative estimate of drug-likeness (QED) is 0.482. The van der Waals surface area contributed by atoms with Gasteiger partial charge in [0.05, 0.1) is 19.3 Å². The minimum absolute atomic E-state index is 0.188. The number of hydrogen-bond acceptors (Lipinski definition) is 5. The Labute approximate surface area is 213 Å². The molecule has 2 atom stereocenters. The van der Waals surface area contributed by atoms with Crippen LogP contribution in [-0.2, 0) is 14.3 Å². The second kappa shape index (κ2) is 10.3. The fourth-order valence-electron chi connectivity index (χ4n) is 5.80. The Balaban J connectivity index is 1.24. The summed E-state index contributed by atoms with van der Waals surface area (Å²) in [6.45, 7) is 6.83. The number of methoxy groups -OCH3 is 1. The van der Waals surface area contributed by atoms with Crippen LogP contribution in [0.25, 0.3) is 11.1 Å². The SMILES string of the molecule is COc1ccc(C(=O)OCC(C)C)cc1-c1ccc([C@H]2CC23CCN(C(=O)[C@H]2CCCO2)CC3)cc1. The van der Waals surface area contributed by atoms with Gasteiger partial charge in [0.15, 0.2) is 0 Å². The number of ether oxygens (including phenoxy) is 3. The number of carbonyl (C=O) groups is 2. The van der Waals surface area contributed by atoms with E-state index in [9.17, 15) is 9.59 Å². The zero-order chi connectivity index (χ0) is 25.3. The lowest BCUT2D eigenvalue weighted by Crippen LogP contribution is -2.44. The van der Waals surface area contributed by atoms with Crippen LogP contribution in [0.15, 0.2) is 42.5 Å². The molecule has 0 bridgehead atoms. The third-order valence-corrected chi connectivity index (χ3v) is 8.07. The highest BCUT2D eigenvalue weighted by atomic mass is 16.5. The Morgan fingerprint density at radius 3 is 2.50 bits per heavy atom. The molecule has 3 aliphatic rings. The van der Waals surface area contributed by atoms with Gasteiger partial charge in [0.2, 0.25) is 0 Å². The number of benzene rings is 2. The first-order chi connectivity index (χ1) is 17.4. The fraction of sp³-hybridized carbons (Fsp3) is 0.533. The number of nitrogens with zero attached hydrogens (tertiary/aromatic N) is 1. The van der Waals surface area contributed by atoms with Gasteiger partial charge < -0.3 is 19.1 Å². The van der Waals surface area contributed by atoms with Gasteiger partial charge in [-0.1, -0.05) is 38.1 Å². The van der Waals surface area contributed by atoms with E-state index in [0.717, 1.165) is 55.6 Å². The van der Waals surface area contributed by atoms with Gasteiger partial charge in [0, 0.05) is 25.3 Å². The lowest BCUT2D eigenvalue weighted by molar-refractivity contribution is -0.142. The molecule has 6 heteroatoms. The Hall–Kier alpha value is -2.86. The van der Waals surface area contributed by atoms with Crippen LogP contribution in [0.3, 0.4) is 0 Å². The van der Waals surface area contributed by atoms with Gasteiger partial charge in [0.1, 0.15) is 11.9 Å². The van der Waals surface area contributed by atoms with E-state index < -0.39 is 0 Å². The molecule has 0 radical (unpaired) electrons. The third-order valence-electron chi connectivity index (χ3n) is 8.07. The Morgan fingerprint density at radius 1 is 1.11 bits per heavy atom. The van der Waals surface area contributed by atoms with E-state index in [2.05, 4.69) is 24.3 Å². The Kier molecular flexibility index (Phi) is 7.07. The maximum Gasteiger partial charge on any atom is 0.338 e. The second-order valence-corrected chi connectivity index (χ2v) is 11.0. The molecule has 2 aliphatic heterocycles. The summed E-state index contributed by atoms with van der Waals surface area (Å²) < 4.78 is 16.6. The van der Waals surface area contributed by atoms with Crippen LogP contribution in [0.5, 0.6) is 5.75 Å². The van der Waals surface area contributed by atoms with Crippen LogP contribution in [0, 0.1) is 11.3 Å². The van der Waals surface area contributed by atoms with Crippen molar-refractivity contribution >= 4 is 11.9 Å². The van der Waals surface area contributed by atoms with Crippen molar-refractivity contribution in [2.75, 3.05) is 33.4 Å². The molecule has 3 fully saturated rings. The average molecular weight is 492 g/mol. The maximum absolute atomic E-state index is 12.7. The molecule has 6 nitrogen and oxygen atoms in total. The molecular formula is C30H37NO5. The van der Waals surface area contributed by atoms with Crippen LogP contribution >= 0.6 is 0 Å². The van der Waals surface area contributed by atoms with Crippen LogP contribution in [0.1, 0.15) is 67.8 Å². The van der Waals surface area contributed by atoms with E-state index in [4.69, 9.17) is 14.2 Å². The highest BCUT2D eigenvalue weighted by molar-refractivity contribution is 5.92. The van der Waals surface area contributed by atoms with Crippen molar-refractivity contribution in [1.82, 2.24) is 4.90 Å². The first-order valence-electron chi connectivity index (χ1n) is 13.3. The highest BCUT2D eigenvalue weighted by Gasteiger charge is 2.55. The molecule has 5 rings (SSSR count). The molecule has 2 aromatic carbocycles. The number of hydrogen-bond donors (Lipinski definition) is 0. The topological polar surface area (TPSA) is 65.1 Å². The molecule has 1 saturated carbocycles. The average Bonchev–Trinajstić information content (AvgIpc) is 3.32. The molecule has 0 N–H and O–H groups in total. The summed E-state index contributed by atoms with van der Waals surface area (Å²) in [7, 11) is 1.65. The van der Waals surface area contributed by atoms with Gasteiger partial charge in [-0.25, -0.2) is 4.79 Å². The van der Waals surface area contributed by atoms with Gasteiger partial charge in [0.25, 0.3) is 5.91 Å². The van der Waals surface area contributed by atoms with Crippen molar-refractivity contribution in [3.63, 3.8) is 0 Å². The summed E-state index contributed by atoms with van der Waals surface area (Å²) in [5.74, 6) is 1.45. The molecule has 1 aliphatic carbocycles. The minimum atomic E-state index is -0.312. The molecule has 0 unspecified atom stereocenters. The zero-order valence-corrected chi connectivity index (χ0v) is 21.6. The molecule has 1 spiro atoms. The van der Waals surface area contributed by atoms with Gasteiger partial charge in [-0.05, 0) is 78.7 Å². The van der Waals surface area contributed by atoms with Gasteiger partial charge in [-0.15, -0.1) is 0 Å². The number of rotatable bonds is 7. The maximum atomic E-state index is 12.7. The molecule has 2 aromatic rings. The van der Waals surface area contributed by atoms with Crippen molar-refractivity contribution < 1.29 is 23.8 Å². The summed E-state index contributed by atoms with van der Waals surface area (Å²) in [4.78, 5) is 27.2. The van der Waals surface area contributed by atoms with Crippen LogP contribution in [-0.4, -0.2) is 56.3 Å². The van der Waals surface area contributed by atoms with Gasteiger partial charge in [-0.2, -0.15) is 0 Å². The first kappa shape index (κ1) is 24.8. The molecule has 36 heavy (non-hydrogen) atoms. The number of piperidine rings is 1. The molecule has 2 heterocycles. The third kappa shape index (κ3) is 5.01. The molecular weight excluding hydrogens is 454 g/mol. The van der Waals surface area contributed by atoms with Gasteiger partial charge >= 0.3 is 5.97 Å². The summed E-state index contributed by atoms with van der Waals surface area (Å²) in [5.41, 5.74) is 4.10. The Morgan fingerprint density at radius 2 is 1.86 bits per heavy atom. The van der Waals surface area contributed by atoms with Gasteiger partial charge in [-0.3, -0.25) is 4.79 Å². The summed E-state index contributed by atoms with van der Waals surface area (Å²) >= 11 is 0. The standard InChI is InChI=1S/C30H37NO5/c1-20(2)19-36-29(33)23-10-11-26(34-3)24(17-23)21-6-8-22(9-7-21)25-18-30(25)12-14-31(15-13-30)28(32)27-5-4-16-35-27/h6-11,17,20,25,27H,4-5,12-16,18-19H2,1-3H3/t25-,27-/m1/s1. The van der Waals surface area contributed by atoms with Crippen LogP contribution in [0.4, 0.5) is 0 Å². The lowest BCUT2D eigenvalue weighted by atomic mass is 9.88. The fourth-order valence-corrected chi connectivity index (χ4v) is 5.80. The predicted molar refractivity (Wildman–Crippen MR) is 138 cm³/mol. The summed E-state index contributed by atoms with van der Waals surface area (Å²) in [6, 6.07) is 14.1. The van der Waals surface area contributed by atoms with E-state index in [0.29, 0.717) is 36.0 Å². The molecule has 192 valence electrons. The van der Waals surface area contributed by atoms with Crippen LogP contribution in [0.2, 0.25) is 0 Å². The van der Waals surface area contributed by atoms with E-state index >= 15 is 0 Å². The monoisotopic (exact) mass is 491 g/mol. The second-order valence-electron chi connectivity index (χ2n) is 11.0. The molecule has 0 aromatic heterocycles. The summed E-state index contributed by atoms with van der Waals surface area (Å²) in [6.07, 6.45) is 4.95. The number of carbonyl (C=O) groups excluding carboxylic acids is 2. The van der Waals surface area contributed by atoms with E-state index in [1.54, 1.807) is 13.2 Å².